The van der Waals surface area contributed by atoms with Gasteiger partial charge in [0.25, 0.3) is 0 Å². The maximum absolute atomic E-state index is 12.1. The molecular formula is C17H10N2O3. The van der Waals surface area contributed by atoms with Crippen LogP contribution >= 0.6 is 0 Å². The van der Waals surface area contributed by atoms with Crippen LogP contribution in [0.5, 0.6) is 0 Å². The summed E-state index contributed by atoms with van der Waals surface area (Å²) in [6.07, 6.45) is 0. The number of hydrogen-bond acceptors (Lipinski definition) is 5. The van der Waals surface area contributed by atoms with Crippen molar-refractivity contribution < 1.29 is 13.9 Å². The van der Waals surface area contributed by atoms with Crippen molar-refractivity contribution in [1.29, 1.82) is 10.5 Å². The van der Waals surface area contributed by atoms with Crippen molar-refractivity contribution in [1.82, 2.24) is 0 Å². The van der Waals surface area contributed by atoms with Gasteiger partial charge in [-0.3, -0.25) is 0 Å². The molecule has 22 heavy (non-hydrogen) atoms. The summed E-state index contributed by atoms with van der Waals surface area (Å²) < 4.78 is 10.5. The molecule has 5 heteroatoms. The van der Waals surface area contributed by atoms with E-state index in [1.54, 1.807) is 37.3 Å². The Bertz CT molecular complexity index is 987. The highest BCUT2D eigenvalue weighted by molar-refractivity contribution is 6.15. The topological polar surface area (TPSA) is 87.0 Å². The molecule has 0 radical (unpaired) electrons. The lowest BCUT2D eigenvalue weighted by molar-refractivity contribution is 0.0528. The van der Waals surface area contributed by atoms with Gasteiger partial charge < -0.3 is 9.15 Å². The Hall–Kier alpha value is -3.31. The van der Waals surface area contributed by atoms with Crippen molar-refractivity contribution in [3.63, 3.8) is 0 Å². The zero-order valence-corrected chi connectivity index (χ0v) is 11.7. The van der Waals surface area contributed by atoms with E-state index in [1.807, 2.05) is 6.07 Å². The minimum atomic E-state index is -0.464. The molecule has 0 aliphatic heterocycles. The second-order valence-electron chi connectivity index (χ2n) is 4.65. The lowest BCUT2D eigenvalue weighted by Gasteiger charge is -2.07. The van der Waals surface area contributed by atoms with Crippen molar-refractivity contribution in [2.24, 2.45) is 0 Å². The van der Waals surface area contributed by atoms with Crippen molar-refractivity contribution in [3.05, 3.63) is 47.2 Å². The molecule has 5 nitrogen and oxygen atoms in total. The van der Waals surface area contributed by atoms with Crippen LogP contribution in [0.2, 0.25) is 0 Å². The number of nitriles is 2. The zero-order valence-electron chi connectivity index (χ0n) is 11.7. The van der Waals surface area contributed by atoms with E-state index in [1.165, 1.54) is 0 Å². The predicted octanol–water partition coefficient (Wildman–Crippen LogP) is 3.51. The SMILES string of the molecule is CCOC(=O)c1cc2oc(C#N)cc2c2cc(C#N)ccc12. The first-order chi connectivity index (χ1) is 10.7. The highest BCUT2D eigenvalue weighted by Gasteiger charge is 2.17. The zero-order chi connectivity index (χ0) is 15.7. The predicted molar refractivity (Wildman–Crippen MR) is 79.1 cm³/mol. The van der Waals surface area contributed by atoms with Crippen LogP contribution in [0.15, 0.2) is 34.7 Å². The molecular weight excluding hydrogens is 280 g/mol. The second kappa shape index (κ2) is 5.23. The number of esters is 1. The van der Waals surface area contributed by atoms with Crippen molar-refractivity contribution >= 4 is 27.7 Å². The average molecular weight is 290 g/mol. The van der Waals surface area contributed by atoms with Gasteiger partial charge in [-0.2, -0.15) is 10.5 Å². The summed E-state index contributed by atoms with van der Waals surface area (Å²) >= 11 is 0. The van der Waals surface area contributed by atoms with Crippen molar-refractivity contribution in [2.45, 2.75) is 6.92 Å². The Labute approximate surface area is 125 Å². The van der Waals surface area contributed by atoms with Gasteiger partial charge in [0.1, 0.15) is 11.7 Å². The molecule has 1 aromatic heterocycles. The van der Waals surface area contributed by atoms with Crippen LogP contribution in [0.1, 0.15) is 28.6 Å². The van der Waals surface area contributed by atoms with Gasteiger partial charge in [-0.15, -0.1) is 0 Å². The van der Waals surface area contributed by atoms with Gasteiger partial charge >= 0.3 is 5.97 Å². The van der Waals surface area contributed by atoms with E-state index in [0.717, 1.165) is 0 Å². The van der Waals surface area contributed by atoms with Gasteiger partial charge in [0.15, 0.2) is 0 Å². The number of carbonyl (C=O) groups excluding carboxylic acids is 1. The third kappa shape index (κ3) is 2.06. The Kier molecular flexibility index (Phi) is 3.25. The molecule has 0 fully saturated rings. The normalized spacial score (nSPS) is 10.3. The number of carbonyl (C=O) groups is 1. The number of rotatable bonds is 2. The molecule has 0 saturated carbocycles. The number of ether oxygens (including phenoxy) is 1. The van der Waals surface area contributed by atoms with E-state index in [-0.39, 0.29) is 12.4 Å². The number of hydrogen-bond donors (Lipinski definition) is 0. The molecule has 2 aromatic carbocycles. The molecule has 3 aromatic rings. The van der Waals surface area contributed by atoms with Crippen LogP contribution < -0.4 is 0 Å². The average Bonchev–Trinajstić information content (AvgIpc) is 2.97. The lowest BCUT2D eigenvalue weighted by Crippen LogP contribution is -2.05. The first-order valence-electron chi connectivity index (χ1n) is 6.65. The Morgan fingerprint density at radius 1 is 1.14 bits per heavy atom. The summed E-state index contributed by atoms with van der Waals surface area (Å²) in [5.74, 6) is -0.311. The Morgan fingerprint density at radius 3 is 2.64 bits per heavy atom. The molecule has 0 amide bonds. The highest BCUT2D eigenvalue weighted by Crippen LogP contribution is 2.32. The fourth-order valence-corrected chi connectivity index (χ4v) is 2.44. The number of nitrogens with zero attached hydrogens (tertiary/aromatic N) is 2. The van der Waals surface area contributed by atoms with Gasteiger partial charge in [-0.05, 0) is 35.9 Å². The van der Waals surface area contributed by atoms with Gasteiger partial charge in [-0.25, -0.2) is 4.79 Å². The number of furan rings is 1. The van der Waals surface area contributed by atoms with E-state index in [4.69, 9.17) is 19.7 Å². The molecule has 106 valence electrons. The molecule has 0 bridgehead atoms. The Morgan fingerprint density at radius 2 is 1.95 bits per heavy atom. The standard InChI is InChI=1S/C17H10N2O3/c1-2-21-17(20)15-7-16-14(6-11(9-19)22-16)13-5-10(8-18)3-4-12(13)15/h3-7H,2H2,1H3. The van der Waals surface area contributed by atoms with Gasteiger partial charge in [0.05, 0.1) is 23.8 Å². The van der Waals surface area contributed by atoms with Crippen LogP contribution in [0.4, 0.5) is 0 Å². The fourth-order valence-electron chi connectivity index (χ4n) is 2.44. The number of fused-ring (bicyclic) bond motifs is 3. The van der Waals surface area contributed by atoms with Crippen molar-refractivity contribution in [2.75, 3.05) is 6.61 Å². The van der Waals surface area contributed by atoms with Gasteiger partial charge in [-0.1, -0.05) is 6.07 Å². The summed E-state index contributed by atoms with van der Waals surface area (Å²) in [6.45, 7) is 1.99. The molecule has 0 unspecified atom stereocenters. The smallest absolute Gasteiger partial charge is 0.338 e. The summed E-state index contributed by atoms with van der Waals surface area (Å²) in [5.41, 5.74) is 1.24. The summed E-state index contributed by atoms with van der Waals surface area (Å²) in [4.78, 5) is 12.1. The van der Waals surface area contributed by atoms with E-state index < -0.39 is 5.97 Å². The van der Waals surface area contributed by atoms with E-state index in [2.05, 4.69) is 6.07 Å². The monoisotopic (exact) mass is 290 g/mol. The minimum Gasteiger partial charge on any atom is -0.462 e. The molecule has 0 atom stereocenters. The van der Waals surface area contributed by atoms with E-state index in [9.17, 15) is 4.79 Å². The maximum atomic E-state index is 12.1. The van der Waals surface area contributed by atoms with Crippen LogP contribution in [0.25, 0.3) is 21.7 Å². The minimum absolute atomic E-state index is 0.152. The van der Waals surface area contributed by atoms with Crippen LogP contribution in [0.3, 0.4) is 0 Å². The lowest BCUT2D eigenvalue weighted by atomic mass is 9.99. The fraction of sp³-hybridized carbons (Fsp3) is 0.118. The molecule has 0 N–H and O–H groups in total. The van der Waals surface area contributed by atoms with Crippen molar-refractivity contribution in [3.8, 4) is 12.1 Å². The summed E-state index contributed by atoms with van der Waals surface area (Å²) in [7, 11) is 0. The molecule has 3 rings (SSSR count). The van der Waals surface area contributed by atoms with E-state index in [0.29, 0.717) is 32.9 Å². The van der Waals surface area contributed by atoms with E-state index >= 15 is 0 Å². The van der Waals surface area contributed by atoms with Crippen LogP contribution in [-0.4, -0.2) is 12.6 Å². The summed E-state index contributed by atoms with van der Waals surface area (Å²) in [6, 6.07) is 12.2. The molecule has 0 spiro atoms. The van der Waals surface area contributed by atoms with Crippen LogP contribution in [-0.2, 0) is 4.74 Å². The van der Waals surface area contributed by atoms with Crippen LogP contribution in [0, 0.1) is 22.7 Å². The molecule has 0 aliphatic rings. The summed E-state index contributed by atoms with van der Waals surface area (Å²) in [5, 5.41) is 20.1. The van der Waals surface area contributed by atoms with Gasteiger partial charge in [0.2, 0.25) is 5.76 Å². The second-order valence-corrected chi connectivity index (χ2v) is 4.65. The maximum Gasteiger partial charge on any atom is 0.338 e. The third-order valence-corrected chi connectivity index (χ3v) is 3.37. The molecule has 0 saturated heterocycles. The quantitative estimate of drug-likeness (QED) is 0.674. The first-order valence-corrected chi connectivity index (χ1v) is 6.65. The first kappa shape index (κ1) is 13.7. The Balaban J connectivity index is 2.42. The van der Waals surface area contributed by atoms with Gasteiger partial charge in [0, 0.05) is 11.5 Å². The third-order valence-electron chi connectivity index (χ3n) is 3.37. The molecule has 0 aliphatic carbocycles. The molecule has 1 heterocycles. The number of benzene rings is 2. The highest BCUT2D eigenvalue weighted by atomic mass is 16.5. The largest absolute Gasteiger partial charge is 0.462 e.